The molecule has 76 valence electrons. The first-order valence-electron chi connectivity index (χ1n) is 4.66. The number of fused-ring (bicyclic) bond motifs is 1. The van der Waals surface area contributed by atoms with Crippen molar-refractivity contribution in [2.75, 3.05) is 11.9 Å². The lowest BCUT2D eigenvalue weighted by atomic mass is 10.1. The van der Waals surface area contributed by atoms with Crippen molar-refractivity contribution >= 4 is 12.1 Å². The highest BCUT2D eigenvalue weighted by atomic mass is 16.1. The van der Waals surface area contributed by atoms with E-state index in [9.17, 15) is 0 Å². The fourth-order valence-corrected chi connectivity index (χ4v) is 1.72. The summed E-state index contributed by atoms with van der Waals surface area (Å²) in [6.45, 7) is 2.26. The highest BCUT2D eigenvalue weighted by Gasteiger charge is 2.21. The molecular weight excluding hydrogens is 176 g/mol. The largest absolute Gasteiger partial charge is 0.372 e. The molecule has 2 rings (SSSR count). The van der Waals surface area contributed by atoms with Crippen LogP contribution in [0, 0.1) is 0 Å². The molecule has 14 heavy (non-hydrogen) atoms. The molecule has 0 fully saturated rings. The van der Waals surface area contributed by atoms with E-state index in [-0.39, 0.29) is 6.41 Å². The number of nitrogens with two attached hydrogens (primary N) is 1. The second kappa shape index (κ2) is 4.65. The predicted molar refractivity (Wildman–Crippen MR) is 58.3 cm³/mol. The van der Waals surface area contributed by atoms with Gasteiger partial charge in [-0.3, -0.25) is 4.79 Å². The molecule has 1 aliphatic rings. The molecule has 3 nitrogen and oxygen atoms in total. The maximum Gasteiger partial charge on any atom is 0.204 e. The highest BCUT2D eigenvalue weighted by molar-refractivity contribution is 5.58. The van der Waals surface area contributed by atoms with Gasteiger partial charge < -0.3 is 10.6 Å². The summed E-state index contributed by atoms with van der Waals surface area (Å²) in [5.74, 6) is 0. The minimum Gasteiger partial charge on any atom is -0.372 e. The van der Waals surface area contributed by atoms with Crippen molar-refractivity contribution in [2.45, 2.75) is 19.4 Å². The molecule has 1 aromatic rings. The number of benzene rings is 1. The number of primary amides is 1. The van der Waals surface area contributed by atoms with E-state index in [1.807, 2.05) is 0 Å². The van der Waals surface area contributed by atoms with Gasteiger partial charge in [0, 0.05) is 18.8 Å². The lowest BCUT2D eigenvalue weighted by Gasteiger charge is -2.17. The number of amides is 1. The van der Waals surface area contributed by atoms with Gasteiger partial charge in [0.05, 0.1) is 0 Å². The van der Waals surface area contributed by atoms with Crippen LogP contribution in [0.25, 0.3) is 0 Å². The fraction of sp³-hybridized carbons (Fsp3) is 0.364. The quantitative estimate of drug-likeness (QED) is 0.627. The third kappa shape index (κ3) is 2.05. The average molecular weight is 192 g/mol. The van der Waals surface area contributed by atoms with E-state index in [2.05, 4.69) is 48.9 Å². The lowest BCUT2D eigenvalue weighted by molar-refractivity contribution is -0.106. The topological polar surface area (TPSA) is 46.3 Å². The van der Waals surface area contributed by atoms with Crippen molar-refractivity contribution in [3.63, 3.8) is 0 Å². The van der Waals surface area contributed by atoms with E-state index in [1.165, 1.54) is 17.7 Å². The van der Waals surface area contributed by atoms with Crippen LogP contribution in [-0.2, 0) is 11.2 Å². The van der Waals surface area contributed by atoms with Gasteiger partial charge in [-0.15, -0.1) is 0 Å². The van der Waals surface area contributed by atoms with E-state index in [0.29, 0.717) is 6.04 Å². The van der Waals surface area contributed by atoms with Crippen LogP contribution < -0.4 is 10.6 Å². The molecule has 1 amide bonds. The van der Waals surface area contributed by atoms with E-state index in [4.69, 9.17) is 4.79 Å². The monoisotopic (exact) mass is 192 g/mol. The molecule has 0 bridgehead atoms. The van der Waals surface area contributed by atoms with Gasteiger partial charge >= 0.3 is 0 Å². The van der Waals surface area contributed by atoms with Crippen LogP contribution in [0.1, 0.15) is 12.5 Å². The molecule has 3 heteroatoms. The molecule has 1 atom stereocenters. The van der Waals surface area contributed by atoms with Crippen LogP contribution >= 0.6 is 0 Å². The molecule has 1 aliphatic heterocycles. The third-order valence-electron chi connectivity index (χ3n) is 2.55. The predicted octanol–water partition coefficient (Wildman–Crippen LogP) is 1.17. The van der Waals surface area contributed by atoms with E-state index >= 15 is 0 Å². The van der Waals surface area contributed by atoms with Gasteiger partial charge in [0.25, 0.3) is 0 Å². The second-order valence-electron chi connectivity index (χ2n) is 3.43. The summed E-state index contributed by atoms with van der Waals surface area (Å²) in [4.78, 5) is 10.9. The first-order valence-corrected chi connectivity index (χ1v) is 4.66. The number of carbonyl (C=O) groups excluding carboxylic acids is 1. The summed E-state index contributed by atoms with van der Waals surface area (Å²) < 4.78 is 0. The van der Waals surface area contributed by atoms with Crippen LogP contribution in [0.3, 0.4) is 0 Å². The zero-order valence-corrected chi connectivity index (χ0v) is 8.60. The van der Waals surface area contributed by atoms with Crippen molar-refractivity contribution in [1.29, 1.82) is 0 Å². The van der Waals surface area contributed by atoms with Crippen LogP contribution in [0.15, 0.2) is 24.3 Å². The van der Waals surface area contributed by atoms with Crippen LogP contribution in [-0.4, -0.2) is 19.5 Å². The Morgan fingerprint density at radius 3 is 2.64 bits per heavy atom. The van der Waals surface area contributed by atoms with Gasteiger partial charge in [0.2, 0.25) is 6.41 Å². The maximum atomic E-state index is 8.58. The van der Waals surface area contributed by atoms with Gasteiger partial charge in [-0.05, 0) is 25.0 Å². The van der Waals surface area contributed by atoms with Gasteiger partial charge in [0.1, 0.15) is 0 Å². The molecule has 0 radical (unpaired) electrons. The summed E-state index contributed by atoms with van der Waals surface area (Å²) in [5.41, 5.74) is 7.06. The Bertz CT molecular complexity index is 312. The highest BCUT2D eigenvalue weighted by Crippen LogP contribution is 2.29. The van der Waals surface area contributed by atoms with Gasteiger partial charge in [-0.2, -0.15) is 0 Å². The minimum absolute atomic E-state index is 0.250. The summed E-state index contributed by atoms with van der Waals surface area (Å²) in [5, 5.41) is 0. The molecule has 1 heterocycles. The Balaban J connectivity index is 0.000000293. The Morgan fingerprint density at radius 2 is 2.07 bits per heavy atom. The zero-order valence-electron chi connectivity index (χ0n) is 8.60. The van der Waals surface area contributed by atoms with Crippen molar-refractivity contribution in [2.24, 2.45) is 5.73 Å². The Hall–Kier alpha value is -1.51. The van der Waals surface area contributed by atoms with Crippen molar-refractivity contribution in [1.82, 2.24) is 0 Å². The SMILES string of the molecule is CC1Cc2ccccc2N1C.NC=O. The fourth-order valence-electron chi connectivity index (χ4n) is 1.72. The Morgan fingerprint density at radius 1 is 1.50 bits per heavy atom. The number of hydrogen-bond donors (Lipinski definition) is 1. The number of nitrogens with zero attached hydrogens (tertiary/aromatic N) is 1. The molecule has 0 saturated carbocycles. The minimum atomic E-state index is 0.250. The first kappa shape index (κ1) is 10.6. The van der Waals surface area contributed by atoms with Gasteiger partial charge in [-0.25, -0.2) is 0 Å². The Labute approximate surface area is 84.5 Å². The summed E-state index contributed by atoms with van der Waals surface area (Å²) in [7, 11) is 2.16. The standard InChI is InChI=1S/C10H13N.CH3NO/c1-8-7-9-5-3-4-6-10(9)11(8)2;2-1-3/h3-6,8H,7H2,1-2H3;1H,(H2,2,3). The molecule has 0 saturated heterocycles. The number of likely N-dealkylation sites (N-methyl/N-ethyl adjacent to an activating group) is 1. The number of rotatable bonds is 0. The molecule has 2 N–H and O–H groups in total. The van der Waals surface area contributed by atoms with Crippen LogP contribution in [0.5, 0.6) is 0 Å². The van der Waals surface area contributed by atoms with Gasteiger partial charge in [0.15, 0.2) is 0 Å². The summed E-state index contributed by atoms with van der Waals surface area (Å²) in [6, 6.07) is 9.30. The van der Waals surface area contributed by atoms with Crippen LogP contribution in [0.4, 0.5) is 5.69 Å². The smallest absolute Gasteiger partial charge is 0.204 e. The second-order valence-corrected chi connectivity index (χ2v) is 3.43. The van der Waals surface area contributed by atoms with E-state index < -0.39 is 0 Å². The van der Waals surface area contributed by atoms with Gasteiger partial charge in [-0.1, -0.05) is 18.2 Å². The molecule has 1 unspecified atom stereocenters. The summed E-state index contributed by atoms with van der Waals surface area (Å²) >= 11 is 0. The zero-order chi connectivity index (χ0) is 10.6. The number of hydrogen-bond acceptors (Lipinski definition) is 2. The van der Waals surface area contributed by atoms with E-state index in [1.54, 1.807) is 0 Å². The average Bonchev–Trinajstić information content (AvgIpc) is 2.45. The van der Waals surface area contributed by atoms with Crippen molar-refractivity contribution in [3.05, 3.63) is 29.8 Å². The maximum absolute atomic E-state index is 8.58. The number of anilines is 1. The molecular formula is C11H16N2O. The first-order chi connectivity index (χ1) is 6.70. The van der Waals surface area contributed by atoms with Crippen molar-refractivity contribution in [3.8, 4) is 0 Å². The Kier molecular flexibility index (Phi) is 3.51. The molecule has 1 aromatic carbocycles. The normalized spacial score (nSPS) is 18.1. The number of carbonyl (C=O) groups is 1. The molecule has 0 aliphatic carbocycles. The van der Waals surface area contributed by atoms with Crippen molar-refractivity contribution < 1.29 is 4.79 Å². The molecule has 0 aromatic heterocycles. The lowest BCUT2D eigenvalue weighted by Crippen LogP contribution is -2.23. The summed E-state index contributed by atoms with van der Waals surface area (Å²) in [6.07, 6.45) is 1.45. The van der Waals surface area contributed by atoms with E-state index in [0.717, 1.165) is 0 Å². The third-order valence-corrected chi connectivity index (χ3v) is 2.55. The molecule has 0 spiro atoms. The number of para-hydroxylation sites is 1. The van der Waals surface area contributed by atoms with Crippen LogP contribution in [0.2, 0.25) is 0 Å².